The van der Waals surface area contributed by atoms with Gasteiger partial charge >= 0.3 is 12.2 Å². The van der Waals surface area contributed by atoms with Crippen LogP contribution in [-0.4, -0.2) is 12.6 Å². The minimum absolute atomic E-state index is 0.210. The molecule has 2 rings (SSSR count). The second kappa shape index (κ2) is 8.16. The second-order valence-corrected chi connectivity index (χ2v) is 5.74. The predicted molar refractivity (Wildman–Crippen MR) is 86.5 cm³/mol. The van der Waals surface area contributed by atoms with Gasteiger partial charge in [0.15, 0.2) is 11.6 Å². The van der Waals surface area contributed by atoms with Crippen molar-refractivity contribution < 1.29 is 26.7 Å². The number of alkyl halides is 3. The first-order valence-corrected chi connectivity index (χ1v) is 7.82. The zero-order valence-corrected chi connectivity index (χ0v) is 13.8. The molecule has 2 N–H and O–H groups in total. The van der Waals surface area contributed by atoms with Crippen LogP contribution in [0.3, 0.4) is 0 Å². The molecule has 0 fully saturated rings. The van der Waals surface area contributed by atoms with Crippen molar-refractivity contribution in [3.05, 3.63) is 70.8 Å². The molecule has 0 saturated heterocycles. The zero-order chi connectivity index (χ0) is 19.3. The Bertz CT molecular complexity index is 759. The third kappa shape index (κ3) is 5.44. The molecule has 2 aromatic rings. The Hall–Kier alpha value is -2.64. The number of urea groups is 1. The van der Waals surface area contributed by atoms with Crippen LogP contribution in [0.2, 0.25) is 0 Å². The van der Waals surface area contributed by atoms with E-state index in [-0.39, 0.29) is 6.54 Å². The normalized spacial score (nSPS) is 12.5. The maximum Gasteiger partial charge on any atom is 0.416 e. The van der Waals surface area contributed by atoms with Gasteiger partial charge in [0, 0.05) is 6.54 Å². The summed E-state index contributed by atoms with van der Waals surface area (Å²) in [7, 11) is 0. The van der Waals surface area contributed by atoms with Crippen LogP contribution in [0.15, 0.2) is 42.5 Å². The maximum absolute atomic E-state index is 13.2. The van der Waals surface area contributed by atoms with Gasteiger partial charge in [-0.1, -0.05) is 18.2 Å². The summed E-state index contributed by atoms with van der Waals surface area (Å²) >= 11 is 0. The molecule has 26 heavy (non-hydrogen) atoms. The molecule has 0 radical (unpaired) electrons. The van der Waals surface area contributed by atoms with Gasteiger partial charge in [-0.15, -0.1) is 0 Å². The van der Waals surface area contributed by atoms with Crippen molar-refractivity contribution in [3.8, 4) is 0 Å². The van der Waals surface area contributed by atoms with Gasteiger partial charge < -0.3 is 10.6 Å². The van der Waals surface area contributed by atoms with Gasteiger partial charge in [0.2, 0.25) is 0 Å². The van der Waals surface area contributed by atoms with Crippen LogP contribution in [0.5, 0.6) is 0 Å². The second-order valence-electron chi connectivity index (χ2n) is 5.74. The van der Waals surface area contributed by atoms with E-state index in [2.05, 4.69) is 10.6 Å². The monoisotopic (exact) mass is 372 g/mol. The van der Waals surface area contributed by atoms with Crippen LogP contribution < -0.4 is 10.6 Å². The van der Waals surface area contributed by atoms with E-state index in [1.54, 1.807) is 6.92 Å². The molecule has 0 heterocycles. The zero-order valence-electron chi connectivity index (χ0n) is 13.8. The lowest BCUT2D eigenvalue weighted by molar-refractivity contribution is -0.137. The van der Waals surface area contributed by atoms with Gasteiger partial charge in [0.1, 0.15) is 0 Å². The molecule has 0 saturated carbocycles. The van der Waals surface area contributed by atoms with Crippen molar-refractivity contribution in [2.75, 3.05) is 6.54 Å². The Kier molecular flexibility index (Phi) is 6.18. The van der Waals surface area contributed by atoms with E-state index in [4.69, 9.17) is 0 Å². The molecule has 2 aromatic carbocycles. The van der Waals surface area contributed by atoms with E-state index < -0.39 is 35.4 Å². The molecule has 2 amide bonds. The van der Waals surface area contributed by atoms with Crippen LogP contribution in [0.1, 0.15) is 29.7 Å². The molecule has 0 aliphatic carbocycles. The topological polar surface area (TPSA) is 41.1 Å². The van der Waals surface area contributed by atoms with E-state index in [0.29, 0.717) is 17.5 Å². The predicted octanol–water partition coefficient (Wildman–Crippen LogP) is 4.59. The van der Waals surface area contributed by atoms with E-state index in [9.17, 15) is 26.7 Å². The Balaban J connectivity index is 1.80. The minimum atomic E-state index is -4.38. The Morgan fingerprint density at radius 2 is 1.69 bits per heavy atom. The summed E-state index contributed by atoms with van der Waals surface area (Å²) < 4.78 is 63.5. The highest BCUT2D eigenvalue weighted by molar-refractivity contribution is 5.74. The van der Waals surface area contributed by atoms with Crippen LogP contribution >= 0.6 is 0 Å². The average molecular weight is 372 g/mol. The highest BCUT2D eigenvalue weighted by Crippen LogP contribution is 2.29. The minimum Gasteiger partial charge on any atom is -0.338 e. The van der Waals surface area contributed by atoms with Crippen molar-refractivity contribution in [2.45, 2.75) is 25.6 Å². The first-order chi connectivity index (χ1) is 12.2. The fourth-order valence-electron chi connectivity index (χ4n) is 2.29. The molecule has 0 aliphatic rings. The number of benzene rings is 2. The fourth-order valence-corrected chi connectivity index (χ4v) is 2.29. The SMILES string of the molecule is C[C@H](NC(=O)NCCc1ccc(C(F)(F)F)cc1)c1ccc(F)c(F)c1. The van der Waals surface area contributed by atoms with Gasteiger partial charge in [-0.2, -0.15) is 13.2 Å². The summed E-state index contributed by atoms with van der Waals surface area (Å²) in [5.74, 6) is -1.97. The third-order valence-corrected chi connectivity index (χ3v) is 3.77. The summed E-state index contributed by atoms with van der Waals surface area (Å²) in [6, 6.07) is 6.96. The Labute approximate surface area is 147 Å². The van der Waals surface area contributed by atoms with Crippen LogP contribution in [0.25, 0.3) is 0 Å². The average Bonchev–Trinajstić information content (AvgIpc) is 2.57. The number of amides is 2. The summed E-state index contributed by atoms with van der Waals surface area (Å²) in [6.07, 6.45) is -4.03. The van der Waals surface area contributed by atoms with Crippen molar-refractivity contribution in [3.63, 3.8) is 0 Å². The number of nitrogens with one attached hydrogen (secondary N) is 2. The molecule has 0 aromatic heterocycles. The highest BCUT2D eigenvalue weighted by atomic mass is 19.4. The molecule has 3 nitrogen and oxygen atoms in total. The lowest BCUT2D eigenvalue weighted by atomic mass is 10.1. The first-order valence-electron chi connectivity index (χ1n) is 7.82. The maximum atomic E-state index is 13.2. The molecule has 0 aliphatic heterocycles. The Morgan fingerprint density at radius 3 is 2.27 bits per heavy atom. The first kappa shape index (κ1) is 19.7. The summed E-state index contributed by atoms with van der Waals surface area (Å²) in [4.78, 5) is 11.8. The van der Waals surface area contributed by atoms with Crippen LogP contribution in [-0.2, 0) is 12.6 Å². The van der Waals surface area contributed by atoms with Gasteiger partial charge in [-0.25, -0.2) is 13.6 Å². The van der Waals surface area contributed by atoms with E-state index in [0.717, 1.165) is 24.3 Å². The molecule has 1 atom stereocenters. The van der Waals surface area contributed by atoms with E-state index >= 15 is 0 Å². The number of hydrogen-bond acceptors (Lipinski definition) is 1. The largest absolute Gasteiger partial charge is 0.416 e. The van der Waals surface area contributed by atoms with Gasteiger partial charge in [0.25, 0.3) is 0 Å². The van der Waals surface area contributed by atoms with Crippen molar-refractivity contribution >= 4 is 6.03 Å². The fraction of sp³-hybridized carbons (Fsp3) is 0.278. The van der Waals surface area contributed by atoms with Gasteiger partial charge in [0.05, 0.1) is 11.6 Å². The summed E-state index contributed by atoms with van der Waals surface area (Å²) in [6.45, 7) is 1.82. The molecule has 0 spiro atoms. The Morgan fingerprint density at radius 1 is 1.04 bits per heavy atom. The lowest BCUT2D eigenvalue weighted by Crippen LogP contribution is -2.38. The number of carbonyl (C=O) groups excluding carboxylic acids is 1. The smallest absolute Gasteiger partial charge is 0.338 e. The molecule has 140 valence electrons. The van der Waals surface area contributed by atoms with Gasteiger partial charge in [-0.3, -0.25) is 0 Å². The summed E-state index contributed by atoms with van der Waals surface area (Å²) in [5.41, 5.74) is 0.320. The van der Waals surface area contributed by atoms with Crippen molar-refractivity contribution in [1.82, 2.24) is 10.6 Å². The van der Waals surface area contributed by atoms with Gasteiger partial charge in [-0.05, 0) is 48.7 Å². The quantitative estimate of drug-likeness (QED) is 0.741. The number of carbonyl (C=O) groups is 1. The molecular weight excluding hydrogens is 355 g/mol. The van der Waals surface area contributed by atoms with Crippen LogP contribution in [0, 0.1) is 11.6 Å². The number of hydrogen-bond donors (Lipinski definition) is 2. The molecular formula is C18H17F5N2O. The molecule has 8 heteroatoms. The lowest BCUT2D eigenvalue weighted by Gasteiger charge is -2.15. The highest BCUT2D eigenvalue weighted by Gasteiger charge is 2.29. The third-order valence-electron chi connectivity index (χ3n) is 3.77. The number of halogens is 5. The van der Waals surface area contributed by atoms with Crippen molar-refractivity contribution in [1.29, 1.82) is 0 Å². The molecule has 0 unspecified atom stereocenters. The van der Waals surface area contributed by atoms with Crippen LogP contribution in [0.4, 0.5) is 26.7 Å². The van der Waals surface area contributed by atoms with E-state index in [1.165, 1.54) is 18.2 Å². The standard InChI is InChI=1S/C18H17F5N2O/c1-11(13-4-7-15(19)16(20)10-13)25-17(26)24-9-8-12-2-5-14(6-3-12)18(21,22)23/h2-7,10-11H,8-9H2,1H3,(H2,24,25,26)/t11-/m0/s1. The summed E-state index contributed by atoms with van der Waals surface area (Å²) in [5, 5.41) is 5.13. The number of rotatable bonds is 5. The van der Waals surface area contributed by atoms with E-state index in [1.807, 2.05) is 0 Å². The van der Waals surface area contributed by atoms with Crippen molar-refractivity contribution in [2.24, 2.45) is 0 Å². The molecule has 0 bridgehead atoms.